The zero-order valence-corrected chi connectivity index (χ0v) is 16.1. The Morgan fingerprint density at radius 2 is 1.85 bits per heavy atom. The third kappa shape index (κ3) is 3.26. The van der Waals surface area contributed by atoms with Gasteiger partial charge in [-0.25, -0.2) is 0 Å². The number of halogens is 1. The van der Waals surface area contributed by atoms with Crippen molar-refractivity contribution >= 4 is 50.0 Å². The van der Waals surface area contributed by atoms with Crippen LogP contribution < -0.4 is 16.1 Å². The van der Waals surface area contributed by atoms with E-state index in [0.717, 1.165) is 28.5 Å². The highest BCUT2D eigenvalue weighted by Crippen LogP contribution is 2.28. The molecule has 0 radical (unpaired) electrons. The average Bonchev–Trinajstić information content (AvgIpc) is 3.00. The monoisotopic (exact) mass is 425 g/mol. The van der Waals surface area contributed by atoms with Crippen LogP contribution in [0, 0.1) is 0 Å². The summed E-state index contributed by atoms with van der Waals surface area (Å²) >= 11 is 3.44. The van der Waals surface area contributed by atoms with Crippen LogP contribution in [0.5, 0.6) is 0 Å². The Morgan fingerprint density at radius 1 is 1.11 bits per heavy atom. The number of pyridine rings is 1. The van der Waals surface area contributed by atoms with Crippen LogP contribution in [0.15, 0.2) is 51.9 Å². The summed E-state index contributed by atoms with van der Waals surface area (Å²) in [6.07, 6.45) is 2.46. The van der Waals surface area contributed by atoms with Gasteiger partial charge < -0.3 is 15.2 Å². The van der Waals surface area contributed by atoms with E-state index in [2.05, 4.69) is 26.6 Å². The van der Waals surface area contributed by atoms with E-state index < -0.39 is 5.91 Å². The molecule has 2 heterocycles. The molecule has 0 bridgehead atoms. The second-order valence-corrected chi connectivity index (χ2v) is 7.41. The van der Waals surface area contributed by atoms with E-state index in [1.54, 1.807) is 36.5 Å². The lowest BCUT2D eigenvalue weighted by atomic mass is 10.1. The van der Waals surface area contributed by atoms with Crippen molar-refractivity contribution in [3.8, 4) is 0 Å². The SMILES string of the molecule is CC(=O)Nc1cccc(NC(=O)c2cn3c4c(cc(Br)cc4c2=O)CC3)c1. The largest absolute Gasteiger partial charge is 0.346 e. The van der Waals surface area contributed by atoms with Crippen LogP contribution in [0.3, 0.4) is 0 Å². The van der Waals surface area contributed by atoms with Gasteiger partial charge in [0.2, 0.25) is 11.3 Å². The van der Waals surface area contributed by atoms with Gasteiger partial charge in [0.15, 0.2) is 0 Å². The first-order valence-electron chi connectivity index (χ1n) is 8.47. The highest BCUT2D eigenvalue weighted by molar-refractivity contribution is 9.10. The van der Waals surface area contributed by atoms with E-state index in [9.17, 15) is 14.4 Å². The molecule has 0 saturated carbocycles. The zero-order valence-electron chi connectivity index (χ0n) is 14.5. The summed E-state index contributed by atoms with van der Waals surface area (Å²) in [5.74, 6) is -0.672. The highest BCUT2D eigenvalue weighted by Gasteiger charge is 2.21. The Hall–Kier alpha value is -2.93. The number of hydrogen-bond donors (Lipinski definition) is 2. The third-order valence-corrected chi connectivity index (χ3v) is 4.98. The van der Waals surface area contributed by atoms with Gasteiger partial charge >= 0.3 is 0 Å². The molecule has 1 aliphatic heterocycles. The number of aromatic nitrogens is 1. The molecule has 0 fully saturated rings. The second kappa shape index (κ2) is 6.66. The fourth-order valence-corrected chi connectivity index (χ4v) is 3.94. The van der Waals surface area contributed by atoms with Crippen LogP contribution in [0.1, 0.15) is 22.8 Å². The summed E-state index contributed by atoms with van der Waals surface area (Å²) in [7, 11) is 0. The van der Waals surface area contributed by atoms with Gasteiger partial charge in [0.1, 0.15) is 5.56 Å². The van der Waals surface area contributed by atoms with Crippen LogP contribution in [0.2, 0.25) is 0 Å². The minimum absolute atomic E-state index is 0.0957. The van der Waals surface area contributed by atoms with E-state index in [1.807, 2.05) is 10.6 Å². The number of nitrogens with one attached hydrogen (secondary N) is 2. The van der Waals surface area contributed by atoms with Crippen molar-refractivity contribution < 1.29 is 9.59 Å². The van der Waals surface area contributed by atoms with Gasteiger partial charge in [0.25, 0.3) is 5.91 Å². The molecule has 27 heavy (non-hydrogen) atoms. The Kier molecular flexibility index (Phi) is 4.31. The predicted molar refractivity (Wildman–Crippen MR) is 108 cm³/mol. The van der Waals surface area contributed by atoms with Crippen molar-refractivity contribution in [2.75, 3.05) is 10.6 Å². The summed E-state index contributed by atoms with van der Waals surface area (Å²) < 4.78 is 2.79. The van der Waals surface area contributed by atoms with Crippen molar-refractivity contribution in [3.63, 3.8) is 0 Å². The van der Waals surface area contributed by atoms with Crippen LogP contribution in [0.4, 0.5) is 11.4 Å². The van der Waals surface area contributed by atoms with Crippen LogP contribution in [-0.2, 0) is 17.8 Å². The summed E-state index contributed by atoms with van der Waals surface area (Å²) in [5, 5.41) is 5.95. The maximum absolute atomic E-state index is 12.9. The number of nitrogens with zero attached hydrogens (tertiary/aromatic N) is 1. The molecule has 0 aliphatic carbocycles. The lowest BCUT2D eigenvalue weighted by molar-refractivity contribution is -0.114. The number of carbonyl (C=O) groups is 2. The molecule has 0 saturated heterocycles. The van der Waals surface area contributed by atoms with Gasteiger partial charge in [0, 0.05) is 40.9 Å². The Labute approximate surface area is 163 Å². The highest BCUT2D eigenvalue weighted by atomic mass is 79.9. The first kappa shape index (κ1) is 17.5. The van der Waals surface area contributed by atoms with Crippen molar-refractivity contribution in [2.45, 2.75) is 19.9 Å². The van der Waals surface area contributed by atoms with Crippen molar-refractivity contribution in [1.29, 1.82) is 0 Å². The minimum Gasteiger partial charge on any atom is -0.346 e. The molecule has 4 rings (SSSR count). The molecular formula is C20H16BrN3O3. The van der Waals surface area contributed by atoms with Gasteiger partial charge in [-0.05, 0) is 42.3 Å². The number of carbonyl (C=O) groups excluding carboxylic acids is 2. The molecule has 6 nitrogen and oxygen atoms in total. The van der Waals surface area contributed by atoms with E-state index in [-0.39, 0.29) is 16.9 Å². The topological polar surface area (TPSA) is 80.2 Å². The summed E-state index contributed by atoms with van der Waals surface area (Å²) in [4.78, 5) is 36.9. The first-order valence-corrected chi connectivity index (χ1v) is 9.26. The van der Waals surface area contributed by atoms with E-state index in [0.29, 0.717) is 16.8 Å². The molecule has 1 aliphatic rings. The zero-order chi connectivity index (χ0) is 19.1. The van der Waals surface area contributed by atoms with Crippen molar-refractivity contribution in [3.05, 3.63) is 68.4 Å². The molecule has 136 valence electrons. The number of rotatable bonds is 3. The minimum atomic E-state index is -0.473. The quantitative estimate of drug-likeness (QED) is 0.673. The fraction of sp³-hybridized carbons (Fsp3) is 0.150. The summed E-state index contributed by atoms with van der Waals surface area (Å²) in [6.45, 7) is 2.15. The number of amides is 2. The van der Waals surface area contributed by atoms with E-state index in [4.69, 9.17) is 0 Å². The molecule has 2 amide bonds. The lowest BCUT2D eigenvalue weighted by Crippen LogP contribution is -2.23. The molecule has 2 aromatic carbocycles. The Bertz CT molecular complexity index is 1170. The molecular weight excluding hydrogens is 410 g/mol. The molecule has 7 heteroatoms. The third-order valence-electron chi connectivity index (χ3n) is 4.52. The summed E-state index contributed by atoms with van der Waals surface area (Å²) in [6, 6.07) is 10.6. The van der Waals surface area contributed by atoms with Gasteiger partial charge in [-0.2, -0.15) is 0 Å². The number of anilines is 2. The van der Waals surface area contributed by atoms with Gasteiger partial charge in [-0.15, -0.1) is 0 Å². The Balaban J connectivity index is 1.72. The van der Waals surface area contributed by atoms with Crippen molar-refractivity contribution in [2.24, 2.45) is 0 Å². The number of benzene rings is 2. The first-order chi connectivity index (χ1) is 12.9. The van der Waals surface area contributed by atoms with Crippen LogP contribution >= 0.6 is 15.9 Å². The van der Waals surface area contributed by atoms with Crippen LogP contribution in [-0.4, -0.2) is 16.4 Å². The summed E-state index contributed by atoms with van der Waals surface area (Å²) in [5.41, 5.74) is 2.88. The molecule has 2 N–H and O–H groups in total. The predicted octanol–water partition coefficient (Wildman–Crippen LogP) is 3.53. The molecule has 1 aromatic heterocycles. The van der Waals surface area contributed by atoms with E-state index in [1.165, 1.54) is 6.92 Å². The lowest BCUT2D eigenvalue weighted by Gasteiger charge is -2.11. The van der Waals surface area contributed by atoms with Gasteiger partial charge in [0.05, 0.1) is 5.52 Å². The molecule has 0 atom stereocenters. The maximum atomic E-state index is 12.9. The van der Waals surface area contributed by atoms with Gasteiger partial charge in [-0.3, -0.25) is 14.4 Å². The number of hydrogen-bond acceptors (Lipinski definition) is 3. The van der Waals surface area contributed by atoms with Crippen molar-refractivity contribution in [1.82, 2.24) is 4.57 Å². The molecule has 3 aromatic rings. The fourth-order valence-electron chi connectivity index (χ4n) is 3.44. The number of aryl methyl sites for hydroxylation is 2. The van der Waals surface area contributed by atoms with Gasteiger partial charge in [-0.1, -0.05) is 22.0 Å². The average molecular weight is 426 g/mol. The normalized spacial score (nSPS) is 12.2. The second-order valence-electron chi connectivity index (χ2n) is 6.49. The molecule has 0 unspecified atom stereocenters. The van der Waals surface area contributed by atoms with E-state index >= 15 is 0 Å². The maximum Gasteiger partial charge on any atom is 0.261 e. The Morgan fingerprint density at radius 3 is 2.59 bits per heavy atom. The molecule has 0 spiro atoms. The smallest absolute Gasteiger partial charge is 0.261 e. The standard InChI is InChI=1S/C20H16BrN3O3/c1-11(25)22-14-3-2-4-15(9-14)23-20(27)17-10-24-6-5-12-7-13(21)8-16(18(12)24)19(17)26/h2-4,7-10H,5-6H2,1H3,(H,22,25)(H,23,27). The van der Waals surface area contributed by atoms with Crippen LogP contribution in [0.25, 0.3) is 10.9 Å².